The van der Waals surface area contributed by atoms with Crippen LogP contribution in [0.1, 0.15) is 11.1 Å². The smallest absolute Gasteiger partial charge is 0.283 e. The minimum atomic E-state index is -0.596. The molecule has 1 aliphatic carbocycles. The third-order valence-electron chi connectivity index (χ3n) is 4.66. The van der Waals surface area contributed by atoms with Crippen molar-refractivity contribution in [3.05, 3.63) is 57.0 Å². The zero-order valence-corrected chi connectivity index (χ0v) is 16.5. The number of nitrogens with two attached hydrogens (primary N) is 1. The lowest BCUT2D eigenvalue weighted by atomic mass is 9.89. The van der Waals surface area contributed by atoms with Gasteiger partial charge in [-0.05, 0) is 6.07 Å². The monoisotopic (exact) mass is 416 g/mol. The average Bonchev–Trinajstić information content (AvgIpc) is 2.73. The molecule has 0 aromatic heterocycles. The second kappa shape index (κ2) is 8.37. The molecule has 1 amide bonds. The molecule has 0 unspecified atom stereocenters. The number of rotatable bonds is 5. The summed E-state index contributed by atoms with van der Waals surface area (Å²) >= 11 is 5.37. The number of carbonyl (C=O) groups is 1. The van der Waals surface area contributed by atoms with Crippen molar-refractivity contribution in [2.24, 2.45) is 5.73 Å². The van der Waals surface area contributed by atoms with Gasteiger partial charge in [-0.3, -0.25) is 20.3 Å². The van der Waals surface area contributed by atoms with Crippen molar-refractivity contribution in [2.45, 2.75) is 0 Å². The molecule has 1 fully saturated rings. The summed E-state index contributed by atoms with van der Waals surface area (Å²) in [5.74, 6) is 0.0653. The summed E-state index contributed by atoms with van der Waals surface area (Å²) in [6, 6.07) is 2.76. The van der Waals surface area contributed by atoms with E-state index in [1.807, 2.05) is 0 Å². The van der Waals surface area contributed by atoms with E-state index in [0.29, 0.717) is 18.7 Å². The molecule has 5 N–H and O–H groups in total. The summed E-state index contributed by atoms with van der Waals surface area (Å²) in [5, 5.41) is 25.9. The number of carbonyl (C=O) groups excluding carboxylic acids is 1. The Kier molecular flexibility index (Phi) is 5.89. The molecule has 29 heavy (non-hydrogen) atoms. The number of piperazine rings is 1. The third kappa shape index (κ3) is 3.96. The van der Waals surface area contributed by atoms with E-state index in [1.54, 1.807) is 4.90 Å². The number of ether oxygens (including phenoxy) is 1. The summed E-state index contributed by atoms with van der Waals surface area (Å²) in [4.78, 5) is 25.0. The maximum atomic E-state index is 12.2. The van der Waals surface area contributed by atoms with Crippen molar-refractivity contribution in [2.75, 3.05) is 33.3 Å². The Balaban J connectivity index is 1.89. The Labute approximate surface area is 172 Å². The molecule has 3 rings (SSSR count). The first-order valence-electron chi connectivity index (χ1n) is 8.78. The van der Waals surface area contributed by atoms with E-state index in [9.17, 15) is 14.9 Å². The van der Waals surface area contributed by atoms with Gasteiger partial charge in [0.1, 0.15) is 5.75 Å². The van der Waals surface area contributed by atoms with E-state index in [-0.39, 0.29) is 44.9 Å². The molecule has 1 saturated heterocycles. The van der Waals surface area contributed by atoms with Crippen molar-refractivity contribution < 1.29 is 14.5 Å². The van der Waals surface area contributed by atoms with Crippen LogP contribution >= 0.6 is 12.2 Å². The molecule has 2 aliphatic rings. The second-order valence-corrected chi connectivity index (χ2v) is 6.78. The van der Waals surface area contributed by atoms with Gasteiger partial charge in [0.05, 0.1) is 45.6 Å². The maximum Gasteiger partial charge on any atom is 0.283 e. The molecule has 10 nitrogen and oxygen atoms in total. The number of methoxy groups -OCH3 is 1. The fourth-order valence-corrected chi connectivity index (χ4v) is 3.42. The number of amides is 1. The number of hydrogen-bond donors (Lipinski definition) is 4. The first-order valence-corrected chi connectivity index (χ1v) is 9.18. The van der Waals surface area contributed by atoms with Crippen LogP contribution in [0, 0.1) is 15.5 Å². The van der Waals surface area contributed by atoms with Gasteiger partial charge in [0.15, 0.2) is 0 Å². The lowest BCUT2D eigenvalue weighted by Crippen LogP contribution is -2.45. The summed E-state index contributed by atoms with van der Waals surface area (Å²) in [6.07, 6.45) is 2.70. The van der Waals surface area contributed by atoms with Crippen LogP contribution < -0.4 is 21.1 Å². The van der Waals surface area contributed by atoms with Crippen LogP contribution in [-0.4, -0.2) is 59.6 Å². The molecule has 1 aromatic carbocycles. The van der Waals surface area contributed by atoms with Gasteiger partial charge >= 0.3 is 0 Å². The number of allylic oxidation sites excluding steroid dienone is 2. The van der Waals surface area contributed by atoms with Gasteiger partial charge in [-0.1, -0.05) is 12.2 Å². The highest BCUT2D eigenvalue weighted by Crippen LogP contribution is 2.34. The zero-order valence-electron chi connectivity index (χ0n) is 15.7. The number of nitrogens with one attached hydrogen (secondary N) is 3. The van der Waals surface area contributed by atoms with E-state index in [2.05, 4.69) is 10.6 Å². The number of benzene rings is 1. The Morgan fingerprint density at radius 1 is 1.45 bits per heavy atom. The maximum absolute atomic E-state index is 12.2. The second-order valence-electron chi connectivity index (χ2n) is 6.37. The van der Waals surface area contributed by atoms with Crippen molar-refractivity contribution in [1.29, 1.82) is 5.41 Å². The van der Waals surface area contributed by atoms with Crippen molar-refractivity contribution >= 4 is 34.4 Å². The van der Waals surface area contributed by atoms with Gasteiger partial charge in [0, 0.05) is 44.0 Å². The first kappa shape index (κ1) is 20.4. The highest BCUT2D eigenvalue weighted by atomic mass is 32.1. The van der Waals surface area contributed by atoms with Crippen LogP contribution in [0.2, 0.25) is 0 Å². The van der Waals surface area contributed by atoms with Gasteiger partial charge in [0.25, 0.3) is 5.69 Å². The van der Waals surface area contributed by atoms with E-state index < -0.39 is 4.92 Å². The van der Waals surface area contributed by atoms with Crippen LogP contribution in [0.4, 0.5) is 5.69 Å². The Morgan fingerprint density at radius 2 is 2.14 bits per heavy atom. The van der Waals surface area contributed by atoms with Gasteiger partial charge in [-0.2, -0.15) is 0 Å². The Morgan fingerprint density at radius 3 is 2.76 bits per heavy atom. The van der Waals surface area contributed by atoms with Gasteiger partial charge in [-0.15, -0.1) is 0 Å². The Bertz CT molecular complexity index is 965. The molecular formula is C18H20N6O4S. The van der Waals surface area contributed by atoms with E-state index in [0.717, 1.165) is 13.1 Å². The largest absolute Gasteiger partial charge is 0.496 e. The molecule has 1 heterocycles. The molecule has 0 radical (unpaired) electrons. The summed E-state index contributed by atoms with van der Waals surface area (Å²) in [5.41, 5.74) is 6.16. The van der Waals surface area contributed by atoms with Gasteiger partial charge < -0.3 is 26.0 Å². The van der Waals surface area contributed by atoms with Crippen molar-refractivity contribution in [3.8, 4) is 5.75 Å². The number of nitrogens with zero attached hydrogens (tertiary/aromatic N) is 2. The topological polar surface area (TPSA) is 147 Å². The van der Waals surface area contributed by atoms with Crippen LogP contribution in [0.3, 0.4) is 0 Å². The zero-order chi connectivity index (χ0) is 21.1. The quantitative estimate of drug-likeness (QED) is 0.234. The fourth-order valence-electron chi connectivity index (χ4n) is 3.16. The molecule has 1 aliphatic heterocycles. The van der Waals surface area contributed by atoms with Crippen LogP contribution in [-0.2, 0) is 4.79 Å². The molecular weight excluding hydrogens is 396 g/mol. The average molecular weight is 416 g/mol. The molecule has 152 valence electrons. The van der Waals surface area contributed by atoms with Gasteiger partial charge in [0.2, 0.25) is 5.91 Å². The lowest BCUT2D eigenvalue weighted by Gasteiger charge is -2.26. The third-order valence-corrected chi connectivity index (χ3v) is 5.10. The Hall–Kier alpha value is -3.31. The van der Waals surface area contributed by atoms with Crippen molar-refractivity contribution in [1.82, 2.24) is 15.5 Å². The molecule has 1 aromatic rings. The van der Waals surface area contributed by atoms with Crippen molar-refractivity contribution in [3.63, 3.8) is 0 Å². The highest BCUT2D eigenvalue weighted by Gasteiger charge is 2.33. The molecule has 0 bridgehead atoms. The molecule has 11 heteroatoms. The summed E-state index contributed by atoms with van der Waals surface area (Å²) in [6.45, 7) is 2.67. The van der Waals surface area contributed by atoms with Crippen LogP contribution in [0.25, 0.3) is 0 Å². The lowest BCUT2D eigenvalue weighted by molar-refractivity contribution is -0.385. The van der Waals surface area contributed by atoms with E-state index >= 15 is 0 Å². The van der Waals surface area contributed by atoms with Crippen LogP contribution in [0.5, 0.6) is 5.75 Å². The normalized spacial score (nSPS) is 16.8. The standard InChI is InChI=1S/C18H20N6O4S/c1-28-10-8-11-14(12(9-10)24(26)27)15(19)17(16(20)18(11)29)22-3-2-13(25)23-6-4-21-5-7-23/h2-3,8-9,19,21-22H,4-7,20H2,1H3/b3-2+,19-15?. The minimum Gasteiger partial charge on any atom is -0.496 e. The number of nitro benzene ring substituents is 1. The summed E-state index contributed by atoms with van der Waals surface area (Å²) in [7, 11) is 1.38. The molecule has 0 saturated carbocycles. The number of nitro groups is 1. The molecule has 0 spiro atoms. The van der Waals surface area contributed by atoms with Gasteiger partial charge in [-0.25, -0.2) is 0 Å². The number of fused-ring (bicyclic) bond motifs is 1. The minimum absolute atomic E-state index is 0.0549. The van der Waals surface area contributed by atoms with Crippen LogP contribution in [0.15, 0.2) is 35.8 Å². The predicted octanol–water partition coefficient (Wildman–Crippen LogP) is 0.408. The number of thiocarbonyl (C=S) groups is 1. The summed E-state index contributed by atoms with van der Waals surface area (Å²) < 4.78 is 5.10. The SMILES string of the molecule is COc1cc2c(c([N+](=O)[O-])c1)C(=N)C(N/C=C/C(=O)N1CCNCC1)=C(N)C2=S. The van der Waals surface area contributed by atoms with E-state index in [1.165, 1.54) is 31.5 Å². The first-order chi connectivity index (χ1) is 13.8. The highest BCUT2D eigenvalue weighted by molar-refractivity contribution is 7.81. The van der Waals surface area contributed by atoms with E-state index in [4.69, 9.17) is 28.1 Å². The number of hydrogen-bond acceptors (Lipinski definition) is 9. The predicted molar refractivity (Wildman–Crippen MR) is 111 cm³/mol. The molecule has 0 atom stereocenters. The fraction of sp³-hybridized carbons (Fsp3) is 0.278.